The maximum atomic E-state index is 12.2. The van der Waals surface area contributed by atoms with Crippen LogP contribution in [0.3, 0.4) is 0 Å². The molecule has 0 aromatic heterocycles. The number of likely N-dealkylation sites (tertiary alicyclic amines) is 2. The van der Waals surface area contributed by atoms with E-state index in [1.165, 1.54) is 26.4 Å². The quantitative estimate of drug-likeness (QED) is 0.722. The van der Waals surface area contributed by atoms with Crippen molar-refractivity contribution in [2.45, 2.75) is 45.6 Å². The molecule has 2 heterocycles. The highest BCUT2D eigenvalue weighted by Crippen LogP contribution is 2.28. The van der Waals surface area contributed by atoms with E-state index in [0.717, 1.165) is 39.1 Å². The van der Waals surface area contributed by atoms with Crippen molar-refractivity contribution in [3.63, 3.8) is 0 Å². The van der Waals surface area contributed by atoms with Gasteiger partial charge in [-0.25, -0.2) is 0 Å². The van der Waals surface area contributed by atoms with E-state index in [1.807, 2.05) is 0 Å². The lowest BCUT2D eigenvalue weighted by atomic mass is 9.90. The standard InChI is InChI=1S/C16H30N2O2/c1-13(2)18-10-7-14(11-18)15(16(19)20-3)12-17-8-5-4-6-9-17/h13-15H,4-12H2,1-3H3. The van der Waals surface area contributed by atoms with Gasteiger partial charge in [-0.3, -0.25) is 4.79 Å². The minimum Gasteiger partial charge on any atom is -0.469 e. The molecule has 4 nitrogen and oxygen atoms in total. The minimum atomic E-state index is -0.00817. The van der Waals surface area contributed by atoms with Crippen LogP contribution >= 0.6 is 0 Å². The van der Waals surface area contributed by atoms with Crippen LogP contribution in [0.4, 0.5) is 0 Å². The normalized spacial score (nSPS) is 26.9. The molecule has 4 heteroatoms. The van der Waals surface area contributed by atoms with Gasteiger partial charge in [0.05, 0.1) is 13.0 Å². The van der Waals surface area contributed by atoms with Crippen LogP contribution in [0.1, 0.15) is 39.5 Å². The number of carbonyl (C=O) groups excluding carboxylic acids is 1. The Bertz CT molecular complexity index is 314. The highest BCUT2D eigenvalue weighted by Gasteiger charge is 2.36. The first kappa shape index (κ1) is 15.8. The van der Waals surface area contributed by atoms with Gasteiger partial charge in [-0.05, 0) is 58.7 Å². The molecule has 0 bridgehead atoms. The van der Waals surface area contributed by atoms with Crippen LogP contribution < -0.4 is 0 Å². The number of carbonyl (C=O) groups is 1. The molecule has 0 aliphatic carbocycles. The molecule has 2 aliphatic rings. The Morgan fingerprint density at radius 1 is 1.20 bits per heavy atom. The molecule has 20 heavy (non-hydrogen) atoms. The maximum absolute atomic E-state index is 12.2. The number of piperidine rings is 1. The molecular formula is C16H30N2O2. The number of nitrogens with zero attached hydrogens (tertiary/aromatic N) is 2. The summed E-state index contributed by atoms with van der Waals surface area (Å²) in [5.74, 6) is 0.514. The van der Waals surface area contributed by atoms with Gasteiger partial charge in [-0.15, -0.1) is 0 Å². The number of ether oxygens (including phenoxy) is 1. The Balaban J connectivity index is 1.95. The molecule has 0 aromatic rings. The van der Waals surface area contributed by atoms with Gasteiger partial charge in [0.25, 0.3) is 0 Å². The highest BCUT2D eigenvalue weighted by molar-refractivity contribution is 5.73. The van der Waals surface area contributed by atoms with Crippen LogP contribution in [0, 0.1) is 11.8 Å². The highest BCUT2D eigenvalue weighted by atomic mass is 16.5. The lowest BCUT2D eigenvalue weighted by Gasteiger charge is -2.32. The smallest absolute Gasteiger partial charge is 0.310 e. The zero-order chi connectivity index (χ0) is 14.5. The van der Waals surface area contributed by atoms with Crippen molar-refractivity contribution >= 4 is 5.97 Å². The summed E-state index contributed by atoms with van der Waals surface area (Å²) in [4.78, 5) is 17.1. The average molecular weight is 282 g/mol. The lowest BCUT2D eigenvalue weighted by Crippen LogP contribution is -2.41. The predicted molar refractivity (Wildman–Crippen MR) is 80.6 cm³/mol. The fourth-order valence-corrected chi connectivity index (χ4v) is 3.60. The molecule has 2 atom stereocenters. The zero-order valence-electron chi connectivity index (χ0n) is 13.3. The fraction of sp³-hybridized carbons (Fsp3) is 0.938. The van der Waals surface area contributed by atoms with Crippen molar-refractivity contribution in [1.29, 1.82) is 0 Å². The van der Waals surface area contributed by atoms with Crippen LogP contribution in [0.25, 0.3) is 0 Å². The summed E-state index contributed by atoms with van der Waals surface area (Å²) in [5.41, 5.74) is 0. The van der Waals surface area contributed by atoms with Gasteiger partial charge in [-0.2, -0.15) is 0 Å². The zero-order valence-corrected chi connectivity index (χ0v) is 13.3. The molecule has 0 saturated carbocycles. The summed E-state index contributed by atoms with van der Waals surface area (Å²) in [6.07, 6.45) is 5.02. The van der Waals surface area contributed by atoms with Crippen LogP contribution in [0.15, 0.2) is 0 Å². The van der Waals surface area contributed by atoms with Crippen LogP contribution in [0.5, 0.6) is 0 Å². The maximum Gasteiger partial charge on any atom is 0.310 e. The first-order valence-corrected chi connectivity index (χ1v) is 8.16. The molecule has 0 amide bonds. The monoisotopic (exact) mass is 282 g/mol. The van der Waals surface area contributed by atoms with Gasteiger partial charge in [-0.1, -0.05) is 6.42 Å². The fourth-order valence-electron chi connectivity index (χ4n) is 3.60. The van der Waals surface area contributed by atoms with Gasteiger partial charge < -0.3 is 14.5 Å². The van der Waals surface area contributed by atoms with E-state index in [2.05, 4.69) is 23.6 Å². The lowest BCUT2D eigenvalue weighted by molar-refractivity contribution is -0.148. The third kappa shape index (κ3) is 3.95. The summed E-state index contributed by atoms with van der Waals surface area (Å²) in [6.45, 7) is 9.83. The summed E-state index contributed by atoms with van der Waals surface area (Å²) >= 11 is 0. The Labute approximate surface area is 123 Å². The van der Waals surface area contributed by atoms with Gasteiger partial charge in [0.15, 0.2) is 0 Å². The van der Waals surface area contributed by atoms with Gasteiger partial charge >= 0.3 is 5.97 Å². The Hall–Kier alpha value is -0.610. The van der Waals surface area contributed by atoms with Crippen LogP contribution in [0.2, 0.25) is 0 Å². The van der Waals surface area contributed by atoms with E-state index in [4.69, 9.17) is 4.74 Å². The summed E-state index contributed by atoms with van der Waals surface area (Å²) in [7, 11) is 1.53. The predicted octanol–water partition coefficient (Wildman–Crippen LogP) is 1.99. The number of methoxy groups -OCH3 is 1. The Morgan fingerprint density at radius 3 is 2.45 bits per heavy atom. The Kier molecular flexibility index (Phi) is 5.85. The van der Waals surface area contributed by atoms with Crippen molar-refractivity contribution in [1.82, 2.24) is 9.80 Å². The van der Waals surface area contributed by atoms with Crippen LogP contribution in [-0.4, -0.2) is 61.6 Å². The largest absolute Gasteiger partial charge is 0.469 e. The number of esters is 1. The van der Waals surface area contributed by atoms with E-state index in [-0.39, 0.29) is 11.9 Å². The number of rotatable bonds is 5. The first-order valence-electron chi connectivity index (χ1n) is 8.16. The van der Waals surface area contributed by atoms with Crippen molar-refractivity contribution in [2.75, 3.05) is 39.8 Å². The summed E-state index contributed by atoms with van der Waals surface area (Å²) in [5, 5.41) is 0. The number of hydrogen-bond donors (Lipinski definition) is 0. The van der Waals surface area contributed by atoms with E-state index in [0.29, 0.717) is 12.0 Å². The molecule has 116 valence electrons. The molecular weight excluding hydrogens is 252 g/mol. The van der Waals surface area contributed by atoms with Crippen molar-refractivity contribution < 1.29 is 9.53 Å². The molecule has 2 aliphatic heterocycles. The Morgan fingerprint density at radius 2 is 1.90 bits per heavy atom. The third-order valence-corrected chi connectivity index (χ3v) is 4.96. The van der Waals surface area contributed by atoms with E-state index < -0.39 is 0 Å². The minimum absolute atomic E-state index is 0.00817. The second-order valence-corrected chi connectivity index (χ2v) is 6.63. The molecule has 2 unspecified atom stereocenters. The van der Waals surface area contributed by atoms with Crippen molar-refractivity contribution in [2.24, 2.45) is 11.8 Å². The molecule has 2 rings (SSSR count). The van der Waals surface area contributed by atoms with Crippen molar-refractivity contribution in [3.8, 4) is 0 Å². The first-order chi connectivity index (χ1) is 9.61. The number of hydrogen-bond acceptors (Lipinski definition) is 4. The molecule has 2 fully saturated rings. The molecule has 0 radical (unpaired) electrons. The topological polar surface area (TPSA) is 32.8 Å². The van der Waals surface area contributed by atoms with E-state index in [1.54, 1.807) is 0 Å². The average Bonchev–Trinajstić information content (AvgIpc) is 2.95. The molecule has 2 saturated heterocycles. The van der Waals surface area contributed by atoms with Gasteiger partial charge in [0.1, 0.15) is 0 Å². The summed E-state index contributed by atoms with van der Waals surface area (Å²) in [6, 6.07) is 0.577. The third-order valence-electron chi connectivity index (χ3n) is 4.96. The van der Waals surface area contributed by atoms with Gasteiger partial charge in [0.2, 0.25) is 0 Å². The molecule has 0 aromatic carbocycles. The van der Waals surface area contributed by atoms with E-state index in [9.17, 15) is 4.79 Å². The SMILES string of the molecule is COC(=O)C(CN1CCCCC1)C1CCN(C(C)C)C1. The van der Waals surface area contributed by atoms with E-state index >= 15 is 0 Å². The van der Waals surface area contributed by atoms with Crippen LogP contribution in [-0.2, 0) is 9.53 Å². The summed E-state index contributed by atoms with van der Waals surface area (Å²) < 4.78 is 5.08. The van der Waals surface area contributed by atoms with Crippen molar-refractivity contribution in [3.05, 3.63) is 0 Å². The van der Waals surface area contributed by atoms with Gasteiger partial charge in [0, 0.05) is 19.1 Å². The second kappa shape index (κ2) is 7.41. The second-order valence-electron chi connectivity index (χ2n) is 6.63. The molecule has 0 N–H and O–H groups in total. The molecule has 0 spiro atoms.